The van der Waals surface area contributed by atoms with Gasteiger partial charge in [-0.15, -0.1) is 0 Å². The highest BCUT2D eigenvalue weighted by atomic mass is 16.3. The van der Waals surface area contributed by atoms with Crippen molar-refractivity contribution in [3.05, 3.63) is 100 Å². The van der Waals surface area contributed by atoms with Gasteiger partial charge in [0.25, 0.3) is 11.5 Å². The van der Waals surface area contributed by atoms with Crippen molar-refractivity contribution in [3.63, 3.8) is 0 Å². The van der Waals surface area contributed by atoms with Crippen molar-refractivity contribution in [3.8, 4) is 22.6 Å². The average molecular weight is 368 g/mol. The molecule has 2 aromatic carbocycles. The first-order valence-electron chi connectivity index (χ1n) is 8.99. The van der Waals surface area contributed by atoms with E-state index in [1.54, 1.807) is 18.2 Å². The Morgan fingerprint density at radius 2 is 1.79 bits per heavy atom. The van der Waals surface area contributed by atoms with Gasteiger partial charge in [0.2, 0.25) is 0 Å². The van der Waals surface area contributed by atoms with Crippen LogP contribution in [0.3, 0.4) is 0 Å². The fourth-order valence-corrected chi connectivity index (χ4v) is 3.65. The molecule has 28 heavy (non-hydrogen) atoms. The molecule has 0 unspecified atom stereocenters. The van der Waals surface area contributed by atoms with E-state index >= 15 is 0 Å². The minimum atomic E-state index is -0.458. The third-order valence-electron chi connectivity index (χ3n) is 4.99. The van der Waals surface area contributed by atoms with Crippen LogP contribution in [0.1, 0.15) is 21.5 Å². The summed E-state index contributed by atoms with van der Waals surface area (Å²) in [6.07, 6.45) is 2.37. The molecule has 0 fully saturated rings. The molecule has 1 aliphatic carbocycles. The summed E-state index contributed by atoms with van der Waals surface area (Å²) in [4.78, 5) is 27.6. The summed E-state index contributed by atoms with van der Waals surface area (Å²) < 4.78 is 5.27. The summed E-state index contributed by atoms with van der Waals surface area (Å²) in [6.45, 7) is 0. The van der Waals surface area contributed by atoms with Crippen LogP contribution in [0.4, 0.5) is 5.69 Å². The van der Waals surface area contributed by atoms with E-state index < -0.39 is 11.5 Å². The Labute approximate surface area is 160 Å². The number of aromatic amines is 1. The van der Waals surface area contributed by atoms with Crippen molar-refractivity contribution in [1.82, 2.24) is 4.98 Å². The summed E-state index contributed by atoms with van der Waals surface area (Å²) in [5.41, 5.74) is 5.67. The maximum Gasteiger partial charge on any atom is 0.261 e. The summed E-state index contributed by atoms with van der Waals surface area (Å²) in [6, 6.07) is 20.8. The summed E-state index contributed by atoms with van der Waals surface area (Å²) in [5, 5.41) is 2.83. The zero-order chi connectivity index (χ0) is 19.1. The highest BCUT2D eigenvalue weighted by Crippen LogP contribution is 2.37. The number of furan rings is 1. The molecule has 0 aliphatic heterocycles. The number of amides is 1. The van der Waals surface area contributed by atoms with E-state index in [1.807, 2.05) is 30.3 Å². The molecule has 5 rings (SSSR count). The number of carbonyl (C=O) groups is 1. The predicted molar refractivity (Wildman–Crippen MR) is 107 cm³/mol. The Bertz CT molecular complexity index is 1250. The van der Waals surface area contributed by atoms with Crippen LogP contribution in [-0.4, -0.2) is 10.9 Å². The molecule has 1 aliphatic rings. The monoisotopic (exact) mass is 368 g/mol. The maximum absolute atomic E-state index is 12.6. The second-order valence-corrected chi connectivity index (χ2v) is 6.75. The van der Waals surface area contributed by atoms with Crippen LogP contribution in [0.2, 0.25) is 0 Å². The first-order valence-corrected chi connectivity index (χ1v) is 8.99. The fraction of sp³-hybridized carbons (Fsp3) is 0.0435. The highest BCUT2D eigenvalue weighted by molar-refractivity contribution is 6.04. The zero-order valence-electron chi connectivity index (χ0n) is 14.9. The summed E-state index contributed by atoms with van der Waals surface area (Å²) in [5.74, 6) is 0.102. The van der Waals surface area contributed by atoms with Gasteiger partial charge in [0.15, 0.2) is 0 Å². The van der Waals surface area contributed by atoms with Gasteiger partial charge in [-0.25, -0.2) is 0 Å². The Morgan fingerprint density at radius 1 is 0.929 bits per heavy atom. The van der Waals surface area contributed by atoms with Crippen molar-refractivity contribution in [2.24, 2.45) is 0 Å². The van der Waals surface area contributed by atoms with Gasteiger partial charge < -0.3 is 14.7 Å². The molecule has 0 saturated carbocycles. The van der Waals surface area contributed by atoms with Gasteiger partial charge >= 0.3 is 0 Å². The lowest BCUT2D eigenvalue weighted by Crippen LogP contribution is -2.23. The first kappa shape index (κ1) is 16.3. The molecule has 1 amide bonds. The number of nitrogens with one attached hydrogen (secondary N) is 2. The number of carbonyl (C=O) groups excluding carboxylic acids is 1. The molecular formula is C23H16N2O3. The van der Waals surface area contributed by atoms with Crippen LogP contribution in [0.5, 0.6) is 0 Å². The highest BCUT2D eigenvalue weighted by Gasteiger charge is 2.19. The minimum absolute atomic E-state index is 0.0547. The molecule has 0 saturated heterocycles. The van der Waals surface area contributed by atoms with Gasteiger partial charge in [0, 0.05) is 5.69 Å². The molecule has 5 nitrogen and oxygen atoms in total. The summed E-state index contributed by atoms with van der Waals surface area (Å²) in [7, 11) is 0. The van der Waals surface area contributed by atoms with Crippen molar-refractivity contribution in [1.29, 1.82) is 0 Å². The topological polar surface area (TPSA) is 75.1 Å². The van der Waals surface area contributed by atoms with E-state index in [9.17, 15) is 9.59 Å². The van der Waals surface area contributed by atoms with E-state index in [0.29, 0.717) is 17.1 Å². The number of rotatable bonds is 3. The van der Waals surface area contributed by atoms with E-state index in [-0.39, 0.29) is 5.56 Å². The smallest absolute Gasteiger partial charge is 0.261 e. The number of hydrogen-bond acceptors (Lipinski definition) is 3. The number of aromatic nitrogens is 1. The largest absolute Gasteiger partial charge is 0.463 e. The Hall–Kier alpha value is -3.86. The number of anilines is 1. The van der Waals surface area contributed by atoms with Gasteiger partial charge in [0.1, 0.15) is 11.3 Å². The second-order valence-electron chi connectivity index (χ2n) is 6.75. The average Bonchev–Trinajstić information content (AvgIpc) is 3.35. The van der Waals surface area contributed by atoms with Crippen molar-refractivity contribution >= 4 is 11.6 Å². The maximum atomic E-state index is 12.6. The third kappa shape index (κ3) is 2.74. The van der Waals surface area contributed by atoms with E-state index in [2.05, 4.69) is 22.4 Å². The molecule has 0 radical (unpaired) electrons. The molecule has 0 bridgehead atoms. The van der Waals surface area contributed by atoms with E-state index in [1.165, 1.54) is 34.6 Å². The third-order valence-corrected chi connectivity index (χ3v) is 4.99. The lowest BCUT2D eigenvalue weighted by atomic mass is 10.1. The van der Waals surface area contributed by atoms with E-state index in [4.69, 9.17) is 4.42 Å². The van der Waals surface area contributed by atoms with Crippen LogP contribution in [0.15, 0.2) is 82.2 Å². The molecule has 2 heterocycles. The number of fused-ring (bicyclic) bond motifs is 3. The van der Waals surface area contributed by atoms with Gasteiger partial charge in [-0.1, -0.05) is 30.3 Å². The SMILES string of the molecule is O=C(Nc1ccc2c(c1)Cc1ccccc1-2)c1ccc(-c2ccco2)[nH]c1=O. The first-order chi connectivity index (χ1) is 13.7. The van der Waals surface area contributed by atoms with Crippen LogP contribution in [0, 0.1) is 0 Å². The molecule has 136 valence electrons. The lowest BCUT2D eigenvalue weighted by molar-refractivity contribution is 0.102. The molecule has 5 heteroatoms. The van der Waals surface area contributed by atoms with Gasteiger partial charge in [-0.3, -0.25) is 9.59 Å². The number of H-pyrrole nitrogens is 1. The van der Waals surface area contributed by atoms with Crippen molar-refractivity contribution in [2.45, 2.75) is 6.42 Å². The van der Waals surface area contributed by atoms with Gasteiger partial charge in [-0.2, -0.15) is 0 Å². The molecular weight excluding hydrogens is 352 g/mol. The quantitative estimate of drug-likeness (QED) is 0.494. The van der Waals surface area contributed by atoms with Gasteiger partial charge in [0.05, 0.1) is 12.0 Å². The second kappa shape index (κ2) is 6.39. The normalized spacial score (nSPS) is 11.7. The van der Waals surface area contributed by atoms with E-state index in [0.717, 1.165) is 6.42 Å². The fourth-order valence-electron chi connectivity index (χ4n) is 3.65. The Kier molecular flexibility index (Phi) is 3.72. The predicted octanol–water partition coefficient (Wildman–Crippen LogP) is 4.46. The minimum Gasteiger partial charge on any atom is -0.463 e. The van der Waals surface area contributed by atoms with Crippen LogP contribution >= 0.6 is 0 Å². The number of pyridine rings is 1. The van der Waals surface area contributed by atoms with Crippen LogP contribution < -0.4 is 10.9 Å². The van der Waals surface area contributed by atoms with Crippen LogP contribution in [0.25, 0.3) is 22.6 Å². The number of hydrogen-bond donors (Lipinski definition) is 2. The summed E-state index contributed by atoms with van der Waals surface area (Å²) >= 11 is 0. The van der Waals surface area contributed by atoms with Crippen molar-refractivity contribution in [2.75, 3.05) is 5.32 Å². The van der Waals surface area contributed by atoms with Gasteiger partial charge in [-0.05, 0) is 65.1 Å². The lowest BCUT2D eigenvalue weighted by Gasteiger charge is -2.08. The van der Waals surface area contributed by atoms with Crippen LogP contribution in [-0.2, 0) is 6.42 Å². The molecule has 2 aromatic heterocycles. The zero-order valence-corrected chi connectivity index (χ0v) is 14.9. The number of benzene rings is 2. The van der Waals surface area contributed by atoms with Crippen molar-refractivity contribution < 1.29 is 9.21 Å². The molecule has 0 atom stereocenters. The standard InChI is InChI=1S/C23H16N2O3/c26-22(19-9-10-20(25-23(19)27)21-6-3-11-28-21)24-16-7-8-18-15(13-16)12-14-4-1-2-5-17(14)18/h1-11,13H,12H2,(H,24,26)(H,25,27). The Balaban J connectivity index is 1.39. The molecule has 2 N–H and O–H groups in total. The molecule has 4 aromatic rings. The molecule has 0 spiro atoms. The Morgan fingerprint density at radius 3 is 2.61 bits per heavy atom.